The number of hydrogen-bond acceptors (Lipinski definition) is 4. The summed E-state index contributed by atoms with van der Waals surface area (Å²) in [6, 6.07) is -0.998. The van der Waals surface area contributed by atoms with Crippen molar-refractivity contribution in [1.82, 2.24) is 4.90 Å². The van der Waals surface area contributed by atoms with Crippen LogP contribution in [0.15, 0.2) is 0 Å². The molecule has 0 aromatic rings. The molecule has 5 heteroatoms. The van der Waals surface area contributed by atoms with Crippen molar-refractivity contribution in [3.05, 3.63) is 0 Å². The number of hydrogen-bond donors (Lipinski definition) is 1. The number of carbonyl (C=O) groups is 2. The van der Waals surface area contributed by atoms with E-state index in [0.717, 1.165) is 12.8 Å². The van der Waals surface area contributed by atoms with E-state index in [4.69, 9.17) is 10.5 Å². The highest BCUT2D eigenvalue weighted by Gasteiger charge is 2.33. The number of nitrogens with zero attached hydrogens (tertiary/aromatic N) is 1. The lowest BCUT2D eigenvalue weighted by Gasteiger charge is -2.34. The SMILES string of the molecule is CCOC(=O)C1CCCCN1C(=O)[C@H](C)N. The first-order chi connectivity index (χ1) is 7.57. The minimum atomic E-state index is -0.560. The second-order valence-corrected chi connectivity index (χ2v) is 4.08. The molecule has 1 heterocycles. The van der Waals surface area contributed by atoms with Gasteiger partial charge < -0.3 is 15.4 Å². The van der Waals surface area contributed by atoms with Crippen molar-refractivity contribution in [3.63, 3.8) is 0 Å². The summed E-state index contributed by atoms with van der Waals surface area (Å²) in [7, 11) is 0. The topological polar surface area (TPSA) is 72.6 Å². The number of likely N-dealkylation sites (tertiary alicyclic amines) is 1. The lowest BCUT2D eigenvalue weighted by molar-refractivity contribution is -0.156. The summed E-state index contributed by atoms with van der Waals surface area (Å²) in [4.78, 5) is 25.1. The van der Waals surface area contributed by atoms with Crippen molar-refractivity contribution in [2.45, 2.75) is 45.2 Å². The molecule has 1 rings (SSSR count). The molecule has 1 saturated heterocycles. The smallest absolute Gasteiger partial charge is 0.328 e. The van der Waals surface area contributed by atoms with Gasteiger partial charge in [-0.2, -0.15) is 0 Å². The Labute approximate surface area is 95.9 Å². The minimum Gasteiger partial charge on any atom is -0.464 e. The van der Waals surface area contributed by atoms with Crippen LogP contribution in [0.4, 0.5) is 0 Å². The van der Waals surface area contributed by atoms with Gasteiger partial charge in [-0.25, -0.2) is 4.79 Å². The average Bonchev–Trinajstić information content (AvgIpc) is 2.28. The largest absolute Gasteiger partial charge is 0.464 e. The van der Waals surface area contributed by atoms with Crippen LogP contribution < -0.4 is 5.73 Å². The molecule has 1 aliphatic rings. The van der Waals surface area contributed by atoms with Crippen molar-refractivity contribution in [2.75, 3.05) is 13.2 Å². The summed E-state index contributed by atoms with van der Waals surface area (Å²) in [6.45, 7) is 4.34. The van der Waals surface area contributed by atoms with Crippen molar-refractivity contribution < 1.29 is 14.3 Å². The number of ether oxygens (including phenoxy) is 1. The standard InChI is InChI=1S/C11H20N2O3/c1-3-16-11(15)9-6-4-5-7-13(9)10(14)8(2)12/h8-9H,3-7,12H2,1-2H3/t8-,9?/m0/s1. The van der Waals surface area contributed by atoms with Gasteiger partial charge in [-0.3, -0.25) is 4.79 Å². The van der Waals surface area contributed by atoms with Gasteiger partial charge in [0, 0.05) is 6.54 Å². The minimum absolute atomic E-state index is 0.169. The summed E-state index contributed by atoms with van der Waals surface area (Å²) >= 11 is 0. The van der Waals surface area contributed by atoms with Gasteiger partial charge in [-0.1, -0.05) is 0 Å². The van der Waals surface area contributed by atoms with E-state index < -0.39 is 12.1 Å². The molecular weight excluding hydrogens is 208 g/mol. The predicted octanol–water partition coefficient (Wildman–Crippen LogP) is 0.278. The third-order valence-electron chi connectivity index (χ3n) is 2.73. The first-order valence-electron chi connectivity index (χ1n) is 5.80. The van der Waals surface area contributed by atoms with E-state index in [9.17, 15) is 9.59 Å². The van der Waals surface area contributed by atoms with Gasteiger partial charge in [0.2, 0.25) is 5.91 Å². The zero-order valence-electron chi connectivity index (χ0n) is 9.94. The van der Waals surface area contributed by atoms with Gasteiger partial charge in [-0.05, 0) is 33.1 Å². The monoisotopic (exact) mass is 228 g/mol. The molecular formula is C11H20N2O3. The average molecular weight is 228 g/mol. The van der Waals surface area contributed by atoms with Crippen molar-refractivity contribution in [2.24, 2.45) is 5.73 Å². The molecule has 0 aliphatic carbocycles. The highest BCUT2D eigenvalue weighted by molar-refractivity contribution is 5.87. The van der Waals surface area contributed by atoms with E-state index >= 15 is 0 Å². The number of rotatable bonds is 3. The van der Waals surface area contributed by atoms with Crippen LogP contribution in [-0.2, 0) is 14.3 Å². The van der Waals surface area contributed by atoms with Gasteiger partial charge in [-0.15, -0.1) is 0 Å². The Morgan fingerprint density at radius 3 is 2.75 bits per heavy atom. The summed E-state index contributed by atoms with van der Waals surface area (Å²) in [6.07, 6.45) is 2.55. The first kappa shape index (κ1) is 13.0. The van der Waals surface area contributed by atoms with Crippen LogP contribution in [-0.4, -0.2) is 42.0 Å². The normalized spacial score (nSPS) is 22.7. The van der Waals surface area contributed by atoms with E-state index in [2.05, 4.69) is 0 Å². The Bertz CT molecular complexity index is 266. The molecule has 0 radical (unpaired) electrons. The summed E-state index contributed by atoms with van der Waals surface area (Å²) in [5.74, 6) is -0.478. The first-order valence-corrected chi connectivity index (χ1v) is 5.80. The van der Waals surface area contributed by atoms with Crippen LogP contribution in [0, 0.1) is 0 Å². The molecule has 1 aliphatic heterocycles. The van der Waals surface area contributed by atoms with Crippen LogP contribution in [0.5, 0.6) is 0 Å². The number of amides is 1. The van der Waals surface area contributed by atoms with Gasteiger partial charge in [0.25, 0.3) is 0 Å². The fraction of sp³-hybridized carbons (Fsp3) is 0.818. The molecule has 92 valence electrons. The quantitative estimate of drug-likeness (QED) is 0.704. The molecule has 1 fully saturated rings. The molecule has 0 spiro atoms. The van der Waals surface area contributed by atoms with Gasteiger partial charge >= 0.3 is 5.97 Å². The fourth-order valence-corrected chi connectivity index (χ4v) is 1.94. The molecule has 16 heavy (non-hydrogen) atoms. The molecule has 5 nitrogen and oxygen atoms in total. The van der Waals surface area contributed by atoms with Gasteiger partial charge in [0.1, 0.15) is 6.04 Å². The Morgan fingerprint density at radius 1 is 1.50 bits per heavy atom. The van der Waals surface area contributed by atoms with Crippen molar-refractivity contribution in [3.8, 4) is 0 Å². The molecule has 0 aromatic carbocycles. The number of carbonyl (C=O) groups excluding carboxylic acids is 2. The summed E-state index contributed by atoms with van der Waals surface area (Å²) in [5, 5.41) is 0. The molecule has 1 unspecified atom stereocenters. The van der Waals surface area contributed by atoms with Crippen LogP contribution >= 0.6 is 0 Å². The molecule has 1 amide bonds. The lowest BCUT2D eigenvalue weighted by atomic mass is 10.0. The lowest BCUT2D eigenvalue weighted by Crippen LogP contribution is -2.53. The number of esters is 1. The van der Waals surface area contributed by atoms with Crippen LogP contribution in [0.1, 0.15) is 33.1 Å². The van der Waals surface area contributed by atoms with Crippen molar-refractivity contribution in [1.29, 1.82) is 0 Å². The zero-order valence-corrected chi connectivity index (χ0v) is 9.94. The van der Waals surface area contributed by atoms with E-state index in [1.807, 2.05) is 0 Å². The molecule has 0 saturated carbocycles. The summed E-state index contributed by atoms with van der Waals surface area (Å²) in [5.41, 5.74) is 5.56. The van der Waals surface area contributed by atoms with Gasteiger partial charge in [0.15, 0.2) is 0 Å². The van der Waals surface area contributed by atoms with Gasteiger partial charge in [0.05, 0.1) is 12.6 Å². The van der Waals surface area contributed by atoms with Crippen LogP contribution in [0.25, 0.3) is 0 Å². The van der Waals surface area contributed by atoms with E-state index in [1.54, 1.807) is 18.7 Å². The molecule has 2 atom stereocenters. The molecule has 0 aromatic heterocycles. The second kappa shape index (κ2) is 5.84. The second-order valence-electron chi connectivity index (χ2n) is 4.08. The zero-order chi connectivity index (χ0) is 12.1. The fourth-order valence-electron chi connectivity index (χ4n) is 1.94. The summed E-state index contributed by atoms with van der Waals surface area (Å²) < 4.78 is 4.97. The Morgan fingerprint density at radius 2 is 2.19 bits per heavy atom. The molecule has 2 N–H and O–H groups in total. The number of piperidine rings is 1. The third-order valence-corrected chi connectivity index (χ3v) is 2.73. The maximum atomic E-state index is 11.8. The van der Waals surface area contributed by atoms with E-state index in [-0.39, 0.29) is 11.9 Å². The molecule has 0 bridgehead atoms. The predicted molar refractivity (Wildman–Crippen MR) is 59.6 cm³/mol. The Kier molecular flexibility index (Phi) is 4.73. The third kappa shape index (κ3) is 2.95. The van der Waals surface area contributed by atoms with E-state index in [1.165, 1.54) is 0 Å². The van der Waals surface area contributed by atoms with E-state index in [0.29, 0.717) is 19.6 Å². The number of nitrogens with two attached hydrogens (primary N) is 1. The maximum absolute atomic E-state index is 11.8. The Hall–Kier alpha value is -1.10. The van der Waals surface area contributed by atoms with Crippen LogP contribution in [0.3, 0.4) is 0 Å². The highest BCUT2D eigenvalue weighted by Crippen LogP contribution is 2.18. The maximum Gasteiger partial charge on any atom is 0.328 e. The van der Waals surface area contributed by atoms with Crippen molar-refractivity contribution >= 4 is 11.9 Å². The Balaban J connectivity index is 2.71. The highest BCUT2D eigenvalue weighted by atomic mass is 16.5. The van der Waals surface area contributed by atoms with Crippen LogP contribution in [0.2, 0.25) is 0 Å².